The highest BCUT2D eigenvalue weighted by atomic mass is 19.1. The summed E-state index contributed by atoms with van der Waals surface area (Å²) in [4.78, 5) is 21.0. The van der Waals surface area contributed by atoms with E-state index >= 15 is 0 Å². The summed E-state index contributed by atoms with van der Waals surface area (Å²) in [6, 6.07) is 14.1. The topological polar surface area (TPSA) is 63.5 Å². The summed E-state index contributed by atoms with van der Waals surface area (Å²) in [5.41, 5.74) is 2.84. The maximum atomic E-state index is 13.2. The van der Waals surface area contributed by atoms with Crippen molar-refractivity contribution in [3.63, 3.8) is 0 Å². The average Bonchev–Trinajstić information content (AvgIpc) is 3.16. The van der Waals surface area contributed by atoms with Gasteiger partial charge in [0, 0.05) is 32.4 Å². The van der Waals surface area contributed by atoms with Crippen molar-refractivity contribution in [3.8, 4) is 5.69 Å². The molecule has 156 valence electrons. The van der Waals surface area contributed by atoms with E-state index in [1.165, 1.54) is 16.8 Å². The molecule has 7 nitrogen and oxygen atoms in total. The first kappa shape index (κ1) is 20.0. The van der Waals surface area contributed by atoms with E-state index in [9.17, 15) is 9.18 Å². The Bertz CT molecular complexity index is 1010. The zero-order valence-corrected chi connectivity index (χ0v) is 17.1. The number of rotatable bonds is 5. The smallest absolute Gasteiger partial charge is 0.293 e. The molecule has 3 aromatic rings. The molecule has 1 aliphatic rings. The Morgan fingerprint density at radius 2 is 1.70 bits per heavy atom. The Morgan fingerprint density at radius 1 is 1.07 bits per heavy atom. The summed E-state index contributed by atoms with van der Waals surface area (Å²) in [5, 5.41) is 4.32. The molecule has 1 fully saturated rings. The highest BCUT2D eigenvalue weighted by Gasteiger charge is 2.19. The van der Waals surface area contributed by atoms with E-state index in [0.29, 0.717) is 18.1 Å². The molecule has 0 atom stereocenters. The van der Waals surface area contributed by atoms with Crippen LogP contribution in [-0.4, -0.2) is 58.9 Å². The third kappa shape index (κ3) is 4.33. The van der Waals surface area contributed by atoms with Crippen molar-refractivity contribution in [2.75, 3.05) is 38.3 Å². The number of morpholine rings is 1. The standard InChI is InChI=1S/C22H24FN5O2/c1-16-24-21(25-28(16)20-9-5-18(23)6-10-20)22(29)26(2)15-17-3-7-19(8-4-17)27-11-13-30-14-12-27/h3-10H,11-15H2,1-2H3. The number of hydrogen-bond donors (Lipinski definition) is 0. The minimum atomic E-state index is -0.327. The maximum Gasteiger partial charge on any atom is 0.293 e. The Kier molecular flexibility index (Phi) is 5.76. The minimum absolute atomic E-state index is 0.115. The average molecular weight is 409 g/mol. The summed E-state index contributed by atoms with van der Waals surface area (Å²) in [5.74, 6) is 0.0842. The molecule has 2 heterocycles. The van der Waals surface area contributed by atoms with Gasteiger partial charge in [0.15, 0.2) is 0 Å². The lowest BCUT2D eigenvalue weighted by atomic mass is 10.1. The molecule has 0 saturated carbocycles. The lowest BCUT2D eigenvalue weighted by Crippen LogP contribution is -2.36. The number of carbonyl (C=O) groups excluding carboxylic acids is 1. The predicted molar refractivity (Wildman–Crippen MR) is 111 cm³/mol. The van der Waals surface area contributed by atoms with Gasteiger partial charge in [-0.2, -0.15) is 0 Å². The van der Waals surface area contributed by atoms with Gasteiger partial charge in [-0.15, -0.1) is 5.10 Å². The second kappa shape index (κ2) is 8.62. The number of hydrogen-bond acceptors (Lipinski definition) is 5. The maximum absolute atomic E-state index is 13.2. The van der Waals surface area contributed by atoms with Gasteiger partial charge >= 0.3 is 0 Å². The normalized spacial score (nSPS) is 14.0. The third-order valence-electron chi connectivity index (χ3n) is 5.11. The SMILES string of the molecule is Cc1nc(C(=O)N(C)Cc2ccc(N3CCOCC3)cc2)nn1-c1ccc(F)cc1. The number of benzene rings is 2. The highest BCUT2D eigenvalue weighted by molar-refractivity contribution is 5.90. The van der Waals surface area contributed by atoms with Crippen LogP contribution in [0.4, 0.5) is 10.1 Å². The van der Waals surface area contributed by atoms with Crippen molar-refractivity contribution in [1.82, 2.24) is 19.7 Å². The molecule has 0 unspecified atom stereocenters. The van der Waals surface area contributed by atoms with E-state index in [0.717, 1.165) is 37.6 Å². The molecule has 30 heavy (non-hydrogen) atoms. The van der Waals surface area contributed by atoms with Crippen LogP contribution in [0.25, 0.3) is 5.69 Å². The van der Waals surface area contributed by atoms with Gasteiger partial charge < -0.3 is 14.5 Å². The van der Waals surface area contributed by atoms with E-state index in [2.05, 4.69) is 27.1 Å². The monoisotopic (exact) mass is 409 g/mol. The number of carbonyl (C=O) groups is 1. The molecule has 2 aromatic carbocycles. The second-order valence-electron chi connectivity index (χ2n) is 7.30. The molecule has 1 amide bonds. The quantitative estimate of drug-likeness (QED) is 0.649. The second-order valence-corrected chi connectivity index (χ2v) is 7.30. The number of aromatic nitrogens is 3. The van der Waals surface area contributed by atoms with Crippen LogP contribution in [0.2, 0.25) is 0 Å². The Morgan fingerprint density at radius 3 is 2.37 bits per heavy atom. The molecular weight excluding hydrogens is 385 g/mol. The van der Waals surface area contributed by atoms with E-state index < -0.39 is 0 Å². The van der Waals surface area contributed by atoms with Crippen molar-refractivity contribution in [3.05, 3.63) is 71.6 Å². The van der Waals surface area contributed by atoms with Gasteiger partial charge in [0.2, 0.25) is 5.82 Å². The molecule has 1 saturated heterocycles. The van der Waals surface area contributed by atoms with Gasteiger partial charge in [-0.1, -0.05) is 12.1 Å². The van der Waals surface area contributed by atoms with Gasteiger partial charge in [0.05, 0.1) is 18.9 Å². The Labute approximate surface area is 174 Å². The number of aryl methyl sites for hydroxylation is 1. The van der Waals surface area contributed by atoms with Crippen LogP contribution in [0.3, 0.4) is 0 Å². The zero-order chi connectivity index (χ0) is 21.1. The molecular formula is C22H24FN5O2. The van der Waals surface area contributed by atoms with E-state index in [-0.39, 0.29) is 17.5 Å². The molecule has 1 aliphatic heterocycles. The summed E-state index contributed by atoms with van der Waals surface area (Å²) in [6.45, 7) is 5.48. The minimum Gasteiger partial charge on any atom is -0.378 e. The largest absolute Gasteiger partial charge is 0.378 e. The summed E-state index contributed by atoms with van der Waals surface area (Å²) in [6.07, 6.45) is 0. The van der Waals surface area contributed by atoms with Gasteiger partial charge in [0.25, 0.3) is 5.91 Å². The van der Waals surface area contributed by atoms with Crippen molar-refractivity contribution in [1.29, 1.82) is 0 Å². The van der Waals surface area contributed by atoms with Gasteiger partial charge in [-0.05, 0) is 48.9 Å². The summed E-state index contributed by atoms with van der Waals surface area (Å²) < 4.78 is 20.1. The van der Waals surface area contributed by atoms with Crippen LogP contribution < -0.4 is 4.90 Å². The fourth-order valence-electron chi connectivity index (χ4n) is 3.46. The first-order valence-corrected chi connectivity index (χ1v) is 9.88. The molecule has 0 bridgehead atoms. The van der Waals surface area contributed by atoms with Gasteiger partial charge in [-0.3, -0.25) is 4.79 Å². The number of anilines is 1. The van der Waals surface area contributed by atoms with Crippen molar-refractivity contribution in [2.24, 2.45) is 0 Å². The van der Waals surface area contributed by atoms with Crippen molar-refractivity contribution < 1.29 is 13.9 Å². The summed E-state index contributed by atoms with van der Waals surface area (Å²) >= 11 is 0. The number of ether oxygens (including phenoxy) is 1. The van der Waals surface area contributed by atoms with E-state index in [4.69, 9.17) is 4.74 Å². The van der Waals surface area contributed by atoms with E-state index in [1.54, 1.807) is 31.0 Å². The molecule has 0 spiro atoms. The van der Waals surface area contributed by atoms with Crippen LogP contribution in [0.1, 0.15) is 22.0 Å². The Hall–Kier alpha value is -3.26. The van der Waals surface area contributed by atoms with Gasteiger partial charge in [0.1, 0.15) is 11.6 Å². The molecule has 8 heteroatoms. The summed E-state index contributed by atoms with van der Waals surface area (Å²) in [7, 11) is 1.73. The van der Waals surface area contributed by atoms with Crippen molar-refractivity contribution >= 4 is 11.6 Å². The molecule has 0 radical (unpaired) electrons. The highest BCUT2D eigenvalue weighted by Crippen LogP contribution is 2.18. The first-order chi connectivity index (χ1) is 14.5. The van der Waals surface area contributed by atoms with Crippen LogP contribution >= 0.6 is 0 Å². The lowest BCUT2D eigenvalue weighted by molar-refractivity contribution is 0.0773. The molecule has 0 N–H and O–H groups in total. The zero-order valence-electron chi connectivity index (χ0n) is 17.1. The van der Waals surface area contributed by atoms with Crippen molar-refractivity contribution in [2.45, 2.75) is 13.5 Å². The fraction of sp³-hybridized carbons (Fsp3) is 0.318. The fourth-order valence-corrected chi connectivity index (χ4v) is 3.46. The molecule has 4 rings (SSSR count). The van der Waals surface area contributed by atoms with Crippen LogP contribution in [0.15, 0.2) is 48.5 Å². The van der Waals surface area contributed by atoms with E-state index in [1.807, 2.05) is 12.1 Å². The number of halogens is 1. The number of nitrogens with zero attached hydrogens (tertiary/aromatic N) is 5. The molecule has 1 aromatic heterocycles. The van der Waals surface area contributed by atoms with Crippen LogP contribution in [0, 0.1) is 12.7 Å². The Balaban J connectivity index is 1.43. The van der Waals surface area contributed by atoms with Crippen LogP contribution in [0.5, 0.6) is 0 Å². The van der Waals surface area contributed by atoms with Crippen LogP contribution in [-0.2, 0) is 11.3 Å². The van der Waals surface area contributed by atoms with Gasteiger partial charge in [-0.25, -0.2) is 14.1 Å². The lowest BCUT2D eigenvalue weighted by Gasteiger charge is -2.29. The first-order valence-electron chi connectivity index (χ1n) is 9.88. The predicted octanol–water partition coefficient (Wildman–Crippen LogP) is 2.82. The number of amides is 1. The molecule has 0 aliphatic carbocycles. The third-order valence-corrected chi connectivity index (χ3v) is 5.11.